The van der Waals surface area contributed by atoms with Gasteiger partial charge in [0.15, 0.2) is 0 Å². The van der Waals surface area contributed by atoms with Gasteiger partial charge in [-0.3, -0.25) is 14.5 Å². The fraction of sp³-hybridized carbons (Fsp3) is 0.333. The van der Waals surface area contributed by atoms with Gasteiger partial charge >= 0.3 is 12.0 Å². The third-order valence-electron chi connectivity index (χ3n) is 4.89. The Kier molecular flexibility index (Phi) is 6.30. The predicted molar refractivity (Wildman–Crippen MR) is 114 cm³/mol. The van der Waals surface area contributed by atoms with Gasteiger partial charge in [-0.05, 0) is 50.1 Å². The molecule has 0 radical (unpaired) electrons. The maximum absolute atomic E-state index is 13.0. The van der Waals surface area contributed by atoms with Crippen LogP contribution in [0.4, 0.5) is 9.80 Å². The van der Waals surface area contributed by atoms with Crippen LogP contribution in [0, 0.1) is 6.92 Å². The summed E-state index contributed by atoms with van der Waals surface area (Å²) < 4.78 is 10.1. The van der Waals surface area contributed by atoms with Crippen LogP contribution in [0.25, 0.3) is 0 Å². The minimum absolute atomic E-state index is 0.247. The van der Waals surface area contributed by atoms with Crippen LogP contribution in [-0.4, -0.2) is 49.0 Å². The molecule has 4 amide bonds. The van der Waals surface area contributed by atoms with E-state index in [2.05, 4.69) is 10.6 Å². The van der Waals surface area contributed by atoms with E-state index in [-0.39, 0.29) is 6.61 Å². The van der Waals surface area contributed by atoms with Gasteiger partial charge in [0.2, 0.25) is 5.91 Å². The van der Waals surface area contributed by atoms with Crippen molar-refractivity contribution in [2.45, 2.75) is 26.3 Å². The molecule has 1 atom stereocenters. The minimum atomic E-state index is -1.29. The highest BCUT2D eigenvalue weighted by molar-refractivity contribution is 7.18. The summed E-state index contributed by atoms with van der Waals surface area (Å²) in [5.74, 6) is -0.935. The van der Waals surface area contributed by atoms with Crippen molar-refractivity contribution in [2.75, 3.05) is 25.6 Å². The van der Waals surface area contributed by atoms with Gasteiger partial charge in [0, 0.05) is 0 Å². The zero-order chi connectivity index (χ0) is 22.8. The topological polar surface area (TPSA) is 114 Å². The molecule has 0 spiro atoms. The number of nitrogens with one attached hydrogen (secondary N) is 2. The summed E-state index contributed by atoms with van der Waals surface area (Å²) in [6, 6.07) is 7.73. The van der Waals surface area contributed by atoms with Crippen molar-refractivity contribution >= 4 is 40.2 Å². The van der Waals surface area contributed by atoms with Crippen LogP contribution >= 0.6 is 11.3 Å². The molecule has 0 aliphatic carbocycles. The van der Waals surface area contributed by atoms with Gasteiger partial charge in [-0.25, -0.2) is 9.59 Å². The van der Waals surface area contributed by atoms with Crippen LogP contribution in [0.2, 0.25) is 0 Å². The van der Waals surface area contributed by atoms with Crippen molar-refractivity contribution in [3.05, 3.63) is 46.3 Å². The van der Waals surface area contributed by atoms with Gasteiger partial charge in [0.25, 0.3) is 5.91 Å². The molecule has 3 rings (SSSR count). The Hall–Kier alpha value is -3.40. The molecule has 1 aromatic carbocycles. The molecule has 2 N–H and O–H groups in total. The first-order valence-electron chi connectivity index (χ1n) is 9.55. The predicted octanol–water partition coefficient (Wildman–Crippen LogP) is 2.65. The van der Waals surface area contributed by atoms with Gasteiger partial charge in [-0.2, -0.15) is 0 Å². The second kappa shape index (κ2) is 8.76. The number of urea groups is 1. The molecule has 1 saturated heterocycles. The number of nitrogens with zero attached hydrogens (tertiary/aromatic N) is 1. The van der Waals surface area contributed by atoms with Crippen LogP contribution in [0.1, 0.15) is 34.6 Å². The zero-order valence-corrected chi connectivity index (χ0v) is 18.4. The lowest BCUT2D eigenvalue weighted by Crippen LogP contribution is -2.42. The number of ether oxygens (including phenoxy) is 2. The monoisotopic (exact) mass is 445 g/mol. The minimum Gasteiger partial charge on any atom is -0.497 e. The second-order valence-corrected chi connectivity index (χ2v) is 8.12. The molecule has 2 aromatic rings. The smallest absolute Gasteiger partial charge is 0.348 e. The summed E-state index contributed by atoms with van der Waals surface area (Å²) in [6.07, 6.45) is 0. The van der Waals surface area contributed by atoms with E-state index in [0.29, 0.717) is 26.8 Å². The number of thiophene rings is 1. The van der Waals surface area contributed by atoms with E-state index in [1.165, 1.54) is 7.11 Å². The lowest BCUT2D eigenvalue weighted by molar-refractivity contribution is -0.133. The molecule has 1 aliphatic heterocycles. The SMILES string of the molecule is CCOC(=O)c1sc(NC(=O)CN2C(=O)N[C@@](C)(c3ccc(OC)cc3)C2=O)cc1C. The number of rotatable bonds is 7. The first-order chi connectivity index (χ1) is 14.7. The fourth-order valence-corrected chi connectivity index (χ4v) is 4.21. The highest BCUT2D eigenvalue weighted by Gasteiger charge is 2.49. The van der Waals surface area contributed by atoms with Crippen LogP contribution in [0.15, 0.2) is 30.3 Å². The molecular weight excluding hydrogens is 422 g/mol. The van der Waals surface area contributed by atoms with Crippen molar-refractivity contribution < 1.29 is 28.7 Å². The molecule has 0 unspecified atom stereocenters. The third-order valence-corrected chi connectivity index (χ3v) is 6.02. The molecular formula is C21H23N3O6S. The molecule has 164 valence electrons. The molecule has 0 saturated carbocycles. The second-order valence-electron chi connectivity index (χ2n) is 7.07. The number of benzene rings is 1. The number of methoxy groups -OCH3 is 1. The maximum atomic E-state index is 13.0. The number of carbonyl (C=O) groups is 4. The molecule has 10 heteroatoms. The molecule has 31 heavy (non-hydrogen) atoms. The van der Waals surface area contributed by atoms with Crippen LogP contribution < -0.4 is 15.4 Å². The van der Waals surface area contributed by atoms with Crippen molar-refractivity contribution in [3.63, 3.8) is 0 Å². The van der Waals surface area contributed by atoms with E-state index < -0.39 is 35.9 Å². The molecule has 2 heterocycles. The molecule has 1 aliphatic rings. The van der Waals surface area contributed by atoms with E-state index in [1.807, 2.05) is 0 Å². The third kappa shape index (κ3) is 4.38. The molecule has 0 bridgehead atoms. The van der Waals surface area contributed by atoms with E-state index in [0.717, 1.165) is 16.2 Å². The fourth-order valence-electron chi connectivity index (χ4n) is 3.22. The average Bonchev–Trinajstić information content (AvgIpc) is 3.20. The Morgan fingerprint density at radius 1 is 1.23 bits per heavy atom. The van der Waals surface area contributed by atoms with Crippen molar-refractivity contribution in [1.29, 1.82) is 0 Å². The lowest BCUT2D eigenvalue weighted by Gasteiger charge is -2.22. The Balaban J connectivity index is 1.70. The van der Waals surface area contributed by atoms with Crippen molar-refractivity contribution in [3.8, 4) is 5.75 Å². The van der Waals surface area contributed by atoms with Gasteiger partial charge in [-0.1, -0.05) is 12.1 Å². The number of aryl methyl sites for hydroxylation is 1. The Bertz CT molecular complexity index is 1030. The number of hydrogen-bond acceptors (Lipinski definition) is 7. The van der Waals surface area contributed by atoms with E-state index in [1.54, 1.807) is 51.1 Å². The number of esters is 1. The molecule has 9 nitrogen and oxygen atoms in total. The van der Waals surface area contributed by atoms with Crippen molar-refractivity contribution in [2.24, 2.45) is 0 Å². The first kappa shape index (κ1) is 22.3. The normalized spacial score (nSPS) is 18.0. The van der Waals surface area contributed by atoms with E-state index in [4.69, 9.17) is 9.47 Å². The Morgan fingerprint density at radius 3 is 2.52 bits per heavy atom. The van der Waals surface area contributed by atoms with Gasteiger partial charge in [0.1, 0.15) is 22.7 Å². The van der Waals surface area contributed by atoms with E-state index in [9.17, 15) is 19.2 Å². The molecule has 1 aromatic heterocycles. The maximum Gasteiger partial charge on any atom is 0.348 e. The summed E-state index contributed by atoms with van der Waals surface area (Å²) in [4.78, 5) is 51.1. The summed E-state index contributed by atoms with van der Waals surface area (Å²) in [6.45, 7) is 4.82. The number of hydrogen-bond donors (Lipinski definition) is 2. The number of anilines is 1. The quantitative estimate of drug-likeness (QED) is 0.500. The summed E-state index contributed by atoms with van der Waals surface area (Å²) in [5, 5.41) is 5.71. The van der Waals surface area contributed by atoms with Gasteiger partial charge < -0.3 is 20.1 Å². The standard InChI is InChI=1S/C21H23N3O6S/c1-5-30-18(26)17-12(2)10-16(31-17)22-15(25)11-24-19(27)21(3,23-20(24)28)13-6-8-14(29-4)9-7-13/h6-10H,5,11H2,1-4H3,(H,22,25)(H,23,28)/t21-/m0/s1. The van der Waals surface area contributed by atoms with Crippen LogP contribution in [-0.2, 0) is 19.9 Å². The summed E-state index contributed by atoms with van der Waals surface area (Å²) >= 11 is 1.07. The first-order valence-corrected chi connectivity index (χ1v) is 10.4. The van der Waals surface area contributed by atoms with Gasteiger partial charge in [0.05, 0.1) is 18.7 Å². The average molecular weight is 445 g/mol. The number of amides is 4. The Morgan fingerprint density at radius 2 is 1.90 bits per heavy atom. The lowest BCUT2D eigenvalue weighted by atomic mass is 9.92. The van der Waals surface area contributed by atoms with Crippen molar-refractivity contribution in [1.82, 2.24) is 10.2 Å². The largest absolute Gasteiger partial charge is 0.497 e. The highest BCUT2D eigenvalue weighted by atomic mass is 32.1. The summed E-state index contributed by atoms with van der Waals surface area (Å²) in [7, 11) is 1.53. The zero-order valence-electron chi connectivity index (χ0n) is 17.6. The number of imide groups is 1. The van der Waals surface area contributed by atoms with Crippen LogP contribution in [0.5, 0.6) is 5.75 Å². The van der Waals surface area contributed by atoms with Crippen LogP contribution in [0.3, 0.4) is 0 Å². The highest BCUT2D eigenvalue weighted by Crippen LogP contribution is 2.31. The van der Waals surface area contributed by atoms with E-state index >= 15 is 0 Å². The Labute approximate surface area is 183 Å². The molecule has 1 fully saturated rings. The number of carbonyl (C=O) groups excluding carboxylic acids is 4. The van der Waals surface area contributed by atoms with Gasteiger partial charge in [-0.15, -0.1) is 11.3 Å². The summed E-state index contributed by atoms with van der Waals surface area (Å²) in [5.41, 5.74) is -0.0522.